The van der Waals surface area contributed by atoms with E-state index in [4.69, 9.17) is 5.10 Å². The molecule has 0 fully saturated rings. The number of H-pyrrole nitrogens is 1. The van der Waals surface area contributed by atoms with E-state index in [-0.39, 0.29) is 17.0 Å². The van der Waals surface area contributed by atoms with Crippen molar-refractivity contribution in [1.82, 2.24) is 30.3 Å². The summed E-state index contributed by atoms with van der Waals surface area (Å²) < 4.78 is 1.85. The van der Waals surface area contributed by atoms with Crippen molar-refractivity contribution >= 4 is 11.8 Å². The fourth-order valence-corrected chi connectivity index (χ4v) is 3.06. The Labute approximate surface area is 177 Å². The highest BCUT2D eigenvalue weighted by Gasteiger charge is 2.27. The molecule has 2 aromatic heterocycles. The van der Waals surface area contributed by atoms with E-state index in [2.05, 4.69) is 67.4 Å². The molecule has 0 aliphatic rings. The zero-order chi connectivity index (χ0) is 22.1. The van der Waals surface area contributed by atoms with Gasteiger partial charge < -0.3 is 5.32 Å². The fourth-order valence-electron chi connectivity index (χ4n) is 3.06. The lowest BCUT2D eigenvalue weighted by Gasteiger charge is -2.23. The van der Waals surface area contributed by atoms with Crippen LogP contribution in [0.3, 0.4) is 0 Å². The molecule has 8 nitrogen and oxygen atoms in total. The summed E-state index contributed by atoms with van der Waals surface area (Å²) in [7, 11) is 0. The van der Waals surface area contributed by atoms with Crippen molar-refractivity contribution in [3.8, 4) is 0 Å². The Balaban J connectivity index is 1.88. The van der Waals surface area contributed by atoms with Crippen molar-refractivity contribution in [1.29, 1.82) is 0 Å². The van der Waals surface area contributed by atoms with Crippen LogP contribution in [0.15, 0.2) is 36.4 Å². The molecule has 0 bridgehead atoms. The van der Waals surface area contributed by atoms with Crippen molar-refractivity contribution in [2.24, 2.45) is 0 Å². The van der Waals surface area contributed by atoms with Crippen LogP contribution in [-0.4, -0.2) is 31.0 Å². The topological polar surface area (TPSA) is 101 Å². The molecule has 0 saturated carbocycles. The molecule has 0 saturated heterocycles. The smallest absolute Gasteiger partial charge is 0.321 e. The monoisotopic (exact) mass is 409 g/mol. The Hall–Kier alpha value is -3.16. The number of amides is 2. The normalized spacial score (nSPS) is 13.2. The summed E-state index contributed by atoms with van der Waals surface area (Å²) in [6, 6.07) is 10.7. The predicted molar refractivity (Wildman–Crippen MR) is 117 cm³/mol. The first-order valence-electron chi connectivity index (χ1n) is 10.1. The highest BCUT2D eigenvalue weighted by molar-refractivity contribution is 5.89. The molecule has 0 aliphatic carbocycles. The average molecular weight is 410 g/mol. The number of rotatable bonds is 4. The van der Waals surface area contributed by atoms with Crippen LogP contribution in [0.4, 0.5) is 10.6 Å². The molecule has 1 unspecified atom stereocenters. The maximum Gasteiger partial charge on any atom is 0.321 e. The van der Waals surface area contributed by atoms with E-state index in [0.717, 1.165) is 11.3 Å². The van der Waals surface area contributed by atoms with Gasteiger partial charge in [-0.2, -0.15) is 10.2 Å². The molecule has 1 aromatic carbocycles. The molecule has 0 aliphatic heterocycles. The van der Waals surface area contributed by atoms with Gasteiger partial charge in [-0.15, -0.1) is 0 Å². The number of hydrogen-bond donors (Lipinski definition) is 3. The fraction of sp³-hybridized carbons (Fsp3) is 0.455. The number of nitrogens with one attached hydrogen (secondary N) is 3. The average Bonchev–Trinajstić information content (AvgIpc) is 3.26. The number of carbonyl (C=O) groups excluding carboxylic acids is 1. The number of hydrogen-bond acceptors (Lipinski definition) is 4. The first kappa shape index (κ1) is 21.5. The number of aromatic amines is 1. The van der Waals surface area contributed by atoms with Crippen molar-refractivity contribution in [3.63, 3.8) is 0 Å². The van der Waals surface area contributed by atoms with E-state index in [1.54, 1.807) is 0 Å². The second-order valence-corrected chi connectivity index (χ2v) is 9.47. The third-order valence-electron chi connectivity index (χ3n) is 4.64. The van der Waals surface area contributed by atoms with Gasteiger partial charge in [-0.1, -0.05) is 51.1 Å². The lowest BCUT2D eigenvalue weighted by Crippen LogP contribution is -2.35. The minimum absolute atomic E-state index is 0.132. The Kier molecular flexibility index (Phi) is 5.70. The molecule has 3 N–H and O–H groups in total. The van der Waals surface area contributed by atoms with Crippen molar-refractivity contribution < 1.29 is 4.79 Å². The van der Waals surface area contributed by atoms with Gasteiger partial charge in [0.15, 0.2) is 5.82 Å². The van der Waals surface area contributed by atoms with Crippen LogP contribution in [0.1, 0.15) is 70.5 Å². The van der Waals surface area contributed by atoms with E-state index >= 15 is 0 Å². The number of aromatic nitrogens is 5. The number of benzene rings is 1. The van der Waals surface area contributed by atoms with Gasteiger partial charge >= 0.3 is 6.03 Å². The number of anilines is 1. The molecular formula is C22H31N7O. The summed E-state index contributed by atoms with van der Waals surface area (Å²) >= 11 is 0. The van der Waals surface area contributed by atoms with Gasteiger partial charge in [0.25, 0.3) is 0 Å². The Morgan fingerprint density at radius 3 is 2.30 bits per heavy atom. The molecule has 0 spiro atoms. The number of aryl methyl sites for hydroxylation is 1. The van der Waals surface area contributed by atoms with Crippen LogP contribution in [-0.2, 0) is 11.0 Å². The maximum absolute atomic E-state index is 13.0. The van der Waals surface area contributed by atoms with Gasteiger partial charge in [0.2, 0.25) is 0 Å². The summed E-state index contributed by atoms with van der Waals surface area (Å²) in [6.45, 7) is 14.3. The van der Waals surface area contributed by atoms with Gasteiger partial charge in [-0.05, 0) is 33.3 Å². The molecule has 30 heavy (non-hydrogen) atoms. The largest absolute Gasteiger partial charge is 0.324 e. The number of carbonyl (C=O) groups is 1. The van der Waals surface area contributed by atoms with Crippen LogP contribution >= 0.6 is 0 Å². The van der Waals surface area contributed by atoms with Crippen LogP contribution in [0.2, 0.25) is 0 Å². The molecule has 3 rings (SSSR count). The molecular weight excluding hydrogens is 378 g/mol. The Morgan fingerprint density at radius 2 is 1.77 bits per heavy atom. The summed E-state index contributed by atoms with van der Waals surface area (Å²) in [6.07, 6.45) is 0. The van der Waals surface area contributed by atoms with E-state index in [1.807, 2.05) is 48.0 Å². The van der Waals surface area contributed by atoms with Gasteiger partial charge in [0.05, 0.1) is 11.2 Å². The minimum atomic E-state index is -0.482. The molecule has 160 valence electrons. The first-order valence-corrected chi connectivity index (χ1v) is 10.1. The van der Waals surface area contributed by atoms with Crippen LogP contribution in [0, 0.1) is 6.92 Å². The molecule has 2 amide bonds. The maximum atomic E-state index is 13.0. The summed E-state index contributed by atoms with van der Waals surface area (Å²) in [4.78, 5) is 17.4. The zero-order valence-electron chi connectivity index (χ0n) is 18.7. The van der Waals surface area contributed by atoms with Crippen LogP contribution in [0.5, 0.6) is 0 Å². The van der Waals surface area contributed by atoms with E-state index < -0.39 is 6.04 Å². The van der Waals surface area contributed by atoms with Gasteiger partial charge in [-0.25, -0.2) is 14.5 Å². The standard InChI is InChI=1S/C22H31N7O/c1-14-23-19(27-26-14)18(15-11-9-8-10-12-15)25-20(30)24-17-13-16(21(2,3)4)28-29(17)22(5,6)7/h8-13,18H,1-7H3,(H,23,26,27)(H2,24,25,30). The number of nitrogens with zero attached hydrogens (tertiary/aromatic N) is 4. The Morgan fingerprint density at radius 1 is 1.10 bits per heavy atom. The second-order valence-electron chi connectivity index (χ2n) is 9.47. The minimum Gasteiger partial charge on any atom is -0.324 e. The van der Waals surface area contributed by atoms with E-state index in [0.29, 0.717) is 17.5 Å². The van der Waals surface area contributed by atoms with Crippen LogP contribution in [0.25, 0.3) is 0 Å². The Bertz CT molecular complexity index is 1010. The second kappa shape index (κ2) is 7.93. The van der Waals surface area contributed by atoms with Crippen molar-refractivity contribution in [3.05, 3.63) is 59.3 Å². The van der Waals surface area contributed by atoms with Gasteiger partial charge in [0, 0.05) is 11.5 Å². The lowest BCUT2D eigenvalue weighted by molar-refractivity contribution is 0.249. The van der Waals surface area contributed by atoms with Crippen LogP contribution < -0.4 is 10.6 Å². The molecule has 8 heteroatoms. The third-order valence-corrected chi connectivity index (χ3v) is 4.64. The van der Waals surface area contributed by atoms with E-state index in [9.17, 15) is 4.79 Å². The lowest BCUT2D eigenvalue weighted by atomic mass is 9.92. The summed E-state index contributed by atoms with van der Waals surface area (Å²) in [5.74, 6) is 1.84. The first-order chi connectivity index (χ1) is 13.9. The number of urea groups is 1. The van der Waals surface area contributed by atoms with Crippen molar-refractivity contribution in [2.75, 3.05) is 5.32 Å². The predicted octanol–water partition coefficient (Wildman–Crippen LogP) is 4.27. The summed E-state index contributed by atoms with van der Waals surface area (Å²) in [5.41, 5.74) is 1.39. The third kappa shape index (κ3) is 4.87. The molecule has 3 aromatic rings. The quantitative estimate of drug-likeness (QED) is 0.599. The molecule has 2 heterocycles. The van der Waals surface area contributed by atoms with Crippen molar-refractivity contribution in [2.45, 2.75) is 65.5 Å². The summed E-state index contributed by atoms with van der Waals surface area (Å²) in [5, 5.41) is 17.8. The highest BCUT2D eigenvalue weighted by atomic mass is 16.2. The van der Waals surface area contributed by atoms with Gasteiger partial charge in [0.1, 0.15) is 17.7 Å². The highest BCUT2D eigenvalue weighted by Crippen LogP contribution is 2.28. The SMILES string of the molecule is Cc1nc(C(NC(=O)Nc2cc(C(C)(C)C)nn2C(C)(C)C)c2ccccc2)n[nH]1. The van der Waals surface area contributed by atoms with E-state index in [1.165, 1.54) is 0 Å². The zero-order valence-corrected chi connectivity index (χ0v) is 18.7. The molecule has 0 radical (unpaired) electrons. The molecule has 1 atom stereocenters. The van der Waals surface area contributed by atoms with Gasteiger partial charge in [-0.3, -0.25) is 10.4 Å².